The number of hydrogen-bond acceptors (Lipinski definition) is 3. The van der Waals surface area contributed by atoms with E-state index in [0.29, 0.717) is 5.69 Å². The first kappa shape index (κ1) is 16.1. The molecule has 7 heteroatoms. The summed E-state index contributed by atoms with van der Waals surface area (Å²) in [6, 6.07) is 10.2. The zero-order chi connectivity index (χ0) is 15.6. The summed E-state index contributed by atoms with van der Waals surface area (Å²) in [6.45, 7) is 2.07. The number of hydrogen-bond donors (Lipinski definition) is 2. The molecule has 0 bridgehead atoms. The minimum atomic E-state index is -3.82. The zero-order valence-corrected chi connectivity index (χ0v) is 13.6. The average Bonchev–Trinajstić information content (AvgIpc) is 2.36. The van der Waals surface area contributed by atoms with Crippen LogP contribution in [0.4, 0.5) is 5.69 Å². The van der Waals surface area contributed by atoms with Gasteiger partial charge in [-0.2, -0.15) is 0 Å². The lowest BCUT2D eigenvalue weighted by atomic mass is 10.1. The average molecular weight is 345 g/mol. The van der Waals surface area contributed by atoms with Crippen molar-refractivity contribution in [3.63, 3.8) is 0 Å². The Morgan fingerprint density at radius 2 is 1.71 bits per heavy atom. The second-order valence-corrected chi connectivity index (χ2v) is 7.08. The molecular weight excluding hydrogens is 331 g/mol. The van der Waals surface area contributed by atoms with E-state index >= 15 is 0 Å². The fraction of sp³-hybridized carbons (Fsp3) is 0.143. The number of anilines is 1. The SMILES string of the molecule is Cc1ccccc1CNS(=O)(=O)c1c(Cl)cc(N)cc1Cl. The van der Waals surface area contributed by atoms with E-state index in [9.17, 15) is 8.42 Å². The largest absolute Gasteiger partial charge is 0.399 e. The minimum Gasteiger partial charge on any atom is -0.399 e. The number of nitrogens with one attached hydrogen (secondary N) is 1. The van der Waals surface area contributed by atoms with Gasteiger partial charge in [-0.25, -0.2) is 13.1 Å². The van der Waals surface area contributed by atoms with E-state index in [1.165, 1.54) is 12.1 Å². The quantitative estimate of drug-likeness (QED) is 0.835. The topological polar surface area (TPSA) is 72.2 Å². The molecule has 4 nitrogen and oxygen atoms in total. The third kappa shape index (κ3) is 3.68. The van der Waals surface area contributed by atoms with E-state index in [1.807, 2.05) is 31.2 Å². The first-order valence-electron chi connectivity index (χ1n) is 6.10. The van der Waals surface area contributed by atoms with E-state index in [2.05, 4.69) is 4.72 Å². The summed E-state index contributed by atoms with van der Waals surface area (Å²) < 4.78 is 27.2. The van der Waals surface area contributed by atoms with Crippen LogP contribution in [0.25, 0.3) is 0 Å². The Labute approximate surface area is 133 Å². The summed E-state index contributed by atoms with van der Waals surface area (Å²) in [7, 11) is -3.82. The van der Waals surface area contributed by atoms with Crippen LogP contribution in [-0.2, 0) is 16.6 Å². The van der Waals surface area contributed by atoms with Gasteiger partial charge in [0.25, 0.3) is 0 Å². The standard InChI is InChI=1S/C14H14Cl2N2O2S/c1-9-4-2-3-5-10(9)8-18-21(19,20)14-12(15)6-11(17)7-13(14)16/h2-7,18H,8,17H2,1H3. The van der Waals surface area contributed by atoms with Crippen LogP contribution in [0.5, 0.6) is 0 Å². The number of sulfonamides is 1. The highest BCUT2D eigenvalue weighted by atomic mass is 35.5. The Morgan fingerprint density at radius 1 is 1.14 bits per heavy atom. The van der Waals surface area contributed by atoms with Gasteiger partial charge in [0.2, 0.25) is 10.0 Å². The van der Waals surface area contributed by atoms with Gasteiger partial charge in [0.15, 0.2) is 0 Å². The van der Waals surface area contributed by atoms with Gasteiger partial charge in [-0.05, 0) is 30.2 Å². The Hall–Kier alpha value is -1.27. The fourth-order valence-corrected chi connectivity index (χ4v) is 4.12. The van der Waals surface area contributed by atoms with Gasteiger partial charge in [-0.1, -0.05) is 47.5 Å². The van der Waals surface area contributed by atoms with Crippen molar-refractivity contribution < 1.29 is 8.42 Å². The molecule has 0 radical (unpaired) electrons. The lowest BCUT2D eigenvalue weighted by molar-refractivity contribution is 0.581. The van der Waals surface area contributed by atoms with Crippen LogP contribution in [0.3, 0.4) is 0 Å². The summed E-state index contributed by atoms with van der Waals surface area (Å²) in [6.07, 6.45) is 0. The molecule has 0 amide bonds. The molecule has 0 spiro atoms. The van der Waals surface area contributed by atoms with E-state index < -0.39 is 10.0 Å². The molecule has 112 valence electrons. The maximum atomic E-state index is 12.3. The number of nitrogen functional groups attached to an aromatic ring is 1. The molecule has 0 aliphatic heterocycles. The highest BCUT2D eigenvalue weighted by Gasteiger charge is 2.22. The van der Waals surface area contributed by atoms with Crippen LogP contribution in [0.1, 0.15) is 11.1 Å². The fourth-order valence-electron chi connectivity index (χ4n) is 1.89. The lowest BCUT2D eigenvalue weighted by Crippen LogP contribution is -2.24. The second-order valence-electron chi connectivity index (χ2n) is 4.56. The van der Waals surface area contributed by atoms with Crippen molar-refractivity contribution in [3.8, 4) is 0 Å². The summed E-state index contributed by atoms with van der Waals surface area (Å²) >= 11 is 11.9. The highest BCUT2D eigenvalue weighted by molar-refractivity contribution is 7.89. The minimum absolute atomic E-state index is 0.00252. The third-order valence-electron chi connectivity index (χ3n) is 3.00. The van der Waals surface area contributed by atoms with Gasteiger partial charge in [-0.15, -0.1) is 0 Å². The van der Waals surface area contributed by atoms with Gasteiger partial charge >= 0.3 is 0 Å². The number of rotatable bonds is 4. The maximum absolute atomic E-state index is 12.3. The van der Waals surface area contributed by atoms with Crippen molar-refractivity contribution in [2.45, 2.75) is 18.4 Å². The predicted octanol–water partition coefficient (Wildman–Crippen LogP) is 3.36. The summed E-state index contributed by atoms with van der Waals surface area (Å²) in [5.74, 6) is 0. The molecular formula is C14H14Cl2N2O2S. The molecule has 0 aliphatic carbocycles. The van der Waals surface area contributed by atoms with Crippen molar-refractivity contribution in [2.24, 2.45) is 0 Å². The van der Waals surface area contributed by atoms with Crippen molar-refractivity contribution in [3.05, 3.63) is 57.6 Å². The van der Waals surface area contributed by atoms with E-state index in [-0.39, 0.29) is 21.5 Å². The van der Waals surface area contributed by atoms with Crippen molar-refractivity contribution in [1.82, 2.24) is 4.72 Å². The summed E-state index contributed by atoms with van der Waals surface area (Å²) in [4.78, 5) is -0.159. The smallest absolute Gasteiger partial charge is 0.243 e. The number of benzene rings is 2. The molecule has 2 aromatic carbocycles. The van der Waals surface area contributed by atoms with Crippen molar-refractivity contribution in [2.75, 3.05) is 5.73 Å². The number of aryl methyl sites for hydroxylation is 1. The Bertz CT molecular complexity index is 753. The Balaban J connectivity index is 2.30. The van der Waals surface area contributed by atoms with Gasteiger partial charge in [0.05, 0.1) is 10.0 Å². The van der Waals surface area contributed by atoms with Crippen LogP contribution >= 0.6 is 23.2 Å². The molecule has 0 saturated carbocycles. The predicted molar refractivity (Wildman–Crippen MR) is 86.1 cm³/mol. The van der Waals surface area contributed by atoms with E-state index in [1.54, 1.807) is 0 Å². The monoisotopic (exact) mass is 344 g/mol. The van der Waals surface area contributed by atoms with Crippen LogP contribution in [-0.4, -0.2) is 8.42 Å². The van der Waals surface area contributed by atoms with E-state index in [0.717, 1.165) is 11.1 Å². The normalized spacial score (nSPS) is 11.6. The molecule has 2 rings (SSSR count). The zero-order valence-electron chi connectivity index (χ0n) is 11.2. The lowest BCUT2D eigenvalue weighted by Gasteiger charge is -2.12. The Kier molecular flexibility index (Phi) is 4.78. The summed E-state index contributed by atoms with van der Waals surface area (Å²) in [5, 5.41) is -0.00503. The third-order valence-corrected chi connectivity index (χ3v) is 5.33. The first-order chi connectivity index (χ1) is 9.81. The molecule has 0 atom stereocenters. The molecule has 21 heavy (non-hydrogen) atoms. The number of halogens is 2. The highest BCUT2D eigenvalue weighted by Crippen LogP contribution is 2.31. The van der Waals surface area contributed by atoms with Gasteiger partial charge < -0.3 is 5.73 Å². The molecule has 0 aliphatic rings. The van der Waals surface area contributed by atoms with Crippen LogP contribution in [0, 0.1) is 6.92 Å². The van der Waals surface area contributed by atoms with Gasteiger partial charge in [0, 0.05) is 12.2 Å². The molecule has 0 unspecified atom stereocenters. The molecule has 3 N–H and O–H groups in total. The molecule has 2 aromatic rings. The number of nitrogens with two attached hydrogens (primary N) is 1. The first-order valence-corrected chi connectivity index (χ1v) is 8.34. The molecule has 0 saturated heterocycles. The molecule has 0 heterocycles. The molecule has 0 fully saturated rings. The van der Waals surface area contributed by atoms with E-state index in [4.69, 9.17) is 28.9 Å². The van der Waals surface area contributed by atoms with Crippen molar-refractivity contribution in [1.29, 1.82) is 0 Å². The molecule has 0 aromatic heterocycles. The van der Waals surface area contributed by atoms with Crippen LogP contribution in [0.2, 0.25) is 10.0 Å². The van der Waals surface area contributed by atoms with Crippen LogP contribution in [0.15, 0.2) is 41.3 Å². The van der Waals surface area contributed by atoms with Gasteiger partial charge in [0.1, 0.15) is 4.90 Å². The Morgan fingerprint density at radius 3 is 2.29 bits per heavy atom. The van der Waals surface area contributed by atoms with Gasteiger partial charge in [-0.3, -0.25) is 0 Å². The second kappa shape index (κ2) is 6.23. The summed E-state index contributed by atoms with van der Waals surface area (Å²) in [5.41, 5.74) is 7.75. The van der Waals surface area contributed by atoms with Crippen LogP contribution < -0.4 is 10.5 Å². The van der Waals surface area contributed by atoms with Crippen molar-refractivity contribution >= 4 is 38.9 Å². The maximum Gasteiger partial charge on any atom is 0.243 e.